The first-order chi connectivity index (χ1) is 11.9. The van der Waals surface area contributed by atoms with Crippen LogP contribution >= 0.6 is 11.3 Å². The Morgan fingerprint density at radius 3 is 2.25 bits per heavy atom. The topological polar surface area (TPSA) is 37.8 Å². The van der Waals surface area contributed by atoms with Crippen LogP contribution in [0.2, 0.25) is 0 Å². The van der Waals surface area contributed by atoms with Gasteiger partial charge in [-0.25, -0.2) is 4.98 Å². The van der Waals surface area contributed by atoms with E-state index in [0.717, 1.165) is 22.1 Å². The molecule has 0 amide bonds. The Morgan fingerprint density at radius 2 is 1.50 bits per heavy atom. The Hall–Kier alpha value is -2.98. The number of rotatable bonds is 4. The van der Waals surface area contributed by atoms with Gasteiger partial charge >= 0.3 is 0 Å². The van der Waals surface area contributed by atoms with E-state index in [0.29, 0.717) is 0 Å². The summed E-state index contributed by atoms with van der Waals surface area (Å²) in [5.41, 5.74) is 5.47. The number of anilines is 2. The summed E-state index contributed by atoms with van der Waals surface area (Å²) in [7, 11) is 0. The molecule has 1 N–H and O–H groups in total. The van der Waals surface area contributed by atoms with Crippen molar-refractivity contribution < 1.29 is 0 Å². The van der Waals surface area contributed by atoms with E-state index >= 15 is 0 Å². The summed E-state index contributed by atoms with van der Waals surface area (Å²) in [6.07, 6.45) is 3.54. The van der Waals surface area contributed by atoms with E-state index in [1.54, 1.807) is 23.7 Å². The molecular formula is C20H15N3S. The molecule has 0 aliphatic rings. The van der Waals surface area contributed by atoms with Crippen LogP contribution in [0.15, 0.2) is 84.5 Å². The molecule has 2 aromatic heterocycles. The van der Waals surface area contributed by atoms with E-state index < -0.39 is 0 Å². The molecule has 0 unspecified atom stereocenters. The fourth-order valence-corrected chi connectivity index (χ4v) is 3.23. The van der Waals surface area contributed by atoms with Gasteiger partial charge in [0.25, 0.3) is 0 Å². The number of benzene rings is 2. The summed E-state index contributed by atoms with van der Waals surface area (Å²) in [4.78, 5) is 8.76. The Kier molecular flexibility index (Phi) is 4.04. The first-order valence-electron chi connectivity index (χ1n) is 7.67. The Bertz CT molecular complexity index is 916. The van der Waals surface area contributed by atoms with Crippen molar-refractivity contribution in [2.75, 3.05) is 5.32 Å². The van der Waals surface area contributed by atoms with Gasteiger partial charge in [0.2, 0.25) is 0 Å². The number of aromatic nitrogens is 2. The number of pyridine rings is 1. The van der Waals surface area contributed by atoms with Crippen LogP contribution in [0.4, 0.5) is 10.8 Å². The van der Waals surface area contributed by atoms with Gasteiger partial charge in [-0.15, -0.1) is 11.3 Å². The third kappa shape index (κ3) is 3.19. The Balaban J connectivity index is 1.54. The second kappa shape index (κ2) is 6.64. The second-order valence-electron chi connectivity index (χ2n) is 5.35. The highest BCUT2D eigenvalue weighted by molar-refractivity contribution is 7.14. The van der Waals surface area contributed by atoms with Crippen LogP contribution in [0.5, 0.6) is 0 Å². The fourth-order valence-electron chi connectivity index (χ4n) is 2.49. The van der Waals surface area contributed by atoms with E-state index in [4.69, 9.17) is 0 Å². The largest absolute Gasteiger partial charge is 0.330 e. The van der Waals surface area contributed by atoms with Gasteiger partial charge in [-0.1, -0.05) is 54.6 Å². The highest BCUT2D eigenvalue weighted by Gasteiger charge is 2.05. The smallest absolute Gasteiger partial charge is 0.187 e. The molecule has 116 valence electrons. The summed E-state index contributed by atoms with van der Waals surface area (Å²) in [5, 5.41) is 6.21. The van der Waals surface area contributed by atoms with Gasteiger partial charge in [-0.3, -0.25) is 4.98 Å². The van der Waals surface area contributed by atoms with Gasteiger partial charge in [0.05, 0.1) is 17.6 Å². The van der Waals surface area contributed by atoms with Gasteiger partial charge in [0, 0.05) is 17.1 Å². The van der Waals surface area contributed by atoms with Crippen molar-refractivity contribution in [1.29, 1.82) is 0 Å². The minimum absolute atomic E-state index is 0.866. The molecule has 0 saturated carbocycles. The highest BCUT2D eigenvalue weighted by Crippen LogP contribution is 2.28. The van der Waals surface area contributed by atoms with Crippen LogP contribution < -0.4 is 5.32 Å². The van der Waals surface area contributed by atoms with Gasteiger partial charge in [0.1, 0.15) is 0 Å². The third-order valence-electron chi connectivity index (χ3n) is 3.70. The number of thiazole rings is 1. The first kappa shape index (κ1) is 14.6. The van der Waals surface area contributed by atoms with Crippen LogP contribution in [0.3, 0.4) is 0 Å². The van der Waals surface area contributed by atoms with E-state index in [1.807, 2.05) is 18.2 Å². The van der Waals surface area contributed by atoms with Crippen LogP contribution in [0.25, 0.3) is 22.4 Å². The van der Waals surface area contributed by atoms with Crippen molar-refractivity contribution in [3.05, 3.63) is 84.5 Å². The van der Waals surface area contributed by atoms with Crippen LogP contribution in [-0.2, 0) is 0 Å². The highest BCUT2D eigenvalue weighted by atomic mass is 32.1. The quantitative estimate of drug-likeness (QED) is 0.528. The molecule has 2 aromatic carbocycles. The number of nitrogens with zero attached hydrogens (tertiary/aromatic N) is 2. The Labute approximate surface area is 144 Å². The minimum atomic E-state index is 0.866. The van der Waals surface area contributed by atoms with Crippen molar-refractivity contribution >= 4 is 22.2 Å². The lowest BCUT2D eigenvalue weighted by molar-refractivity contribution is 1.31. The fraction of sp³-hybridized carbons (Fsp3) is 0. The van der Waals surface area contributed by atoms with E-state index in [9.17, 15) is 0 Å². The molecule has 0 atom stereocenters. The van der Waals surface area contributed by atoms with Gasteiger partial charge in [-0.05, 0) is 23.3 Å². The number of hydrogen-bond donors (Lipinski definition) is 1. The molecule has 0 fully saturated rings. The van der Waals surface area contributed by atoms with Gasteiger partial charge in [0.15, 0.2) is 5.13 Å². The molecule has 4 rings (SSSR count). The maximum absolute atomic E-state index is 4.66. The third-order valence-corrected chi connectivity index (χ3v) is 4.46. The lowest BCUT2D eigenvalue weighted by atomic mass is 10.0. The van der Waals surface area contributed by atoms with Gasteiger partial charge < -0.3 is 5.32 Å². The number of nitrogens with one attached hydrogen (secondary N) is 1. The summed E-state index contributed by atoms with van der Waals surface area (Å²) in [5.74, 6) is 0. The predicted molar refractivity (Wildman–Crippen MR) is 101 cm³/mol. The molecule has 0 aliphatic heterocycles. The summed E-state index contributed by atoms with van der Waals surface area (Å²) in [6, 6.07) is 22.8. The van der Waals surface area contributed by atoms with Crippen molar-refractivity contribution in [1.82, 2.24) is 9.97 Å². The van der Waals surface area contributed by atoms with E-state index in [2.05, 4.69) is 69.2 Å². The normalized spacial score (nSPS) is 10.5. The summed E-state index contributed by atoms with van der Waals surface area (Å²) >= 11 is 1.59. The van der Waals surface area contributed by atoms with Crippen LogP contribution in [0, 0.1) is 0 Å². The Morgan fingerprint density at radius 1 is 0.750 bits per heavy atom. The predicted octanol–water partition coefficient (Wildman–Crippen LogP) is 5.62. The molecule has 0 spiro atoms. The monoisotopic (exact) mass is 329 g/mol. The lowest BCUT2D eigenvalue weighted by Crippen LogP contribution is -1.89. The maximum atomic E-state index is 4.66. The lowest BCUT2D eigenvalue weighted by Gasteiger charge is -2.03. The zero-order valence-corrected chi connectivity index (χ0v) is 13.7. The minimum Gasteiger partial charge on any atom is -0.330 e. The van der Waals surface area contributed by atoms with Crippen molar-refractivity contribution in [3.63, 3.8) is 0 Å². The number of hydrogen-bond acceptors (Lipinski definition) is 4. The van der Waals surface area contributed by atoms with Crippen molar-refractivity contribution in [3.8, 4) is 22.4 Å². The molecule has 3 nitrogen and oxygen atoms in total. The maximum Gasteiger partial charge on any atom is 0.187 e. The average Bonchev–Trinajstić information content (AvgIpc) is 3.12. The van der Waals surface area contributed by atoms with E-state index in [1.165, 1.54) is 11.1 Å². The van der Waals surface area contributed by atoms with Gasteiger partial charge in [-0.2, -0.15) is 0 Å². The molecule has 2 heterocycles. The SMILES string of the molecule is c1ccc(-c2ccc(-c3csc(Nc4cccnc4)n3)cc2)cc1. The second-order valence-corrected chi connectivity index (χ2v) is 6.21. The molecule has 0 saturated heterocycles. The van der Waals surface area contributed by atoms with E-state index in [-0.39, 0.29) is 0 Å². The van der Waals surface area contributed by atoms with Crippen LogP contribution in [-0.4, -0.2) is 9.97 Å². The molecular weight excluding hydrogens is 314 g/mol. The molecule has 0 aliphatic carbocycles. The zero-order valence-electron chi connectivity index (χ0n) is 12.9. The summed E-state index contributed by atoms with van der Waals surface area (Å²) < 4.78 is 0. The molecule has 0 bridgehead atoms. The molecule has 0 radical (unpaired) electrons. The molecule has 4 heteroatoms. The molecule has 24 heavy (non-hydrogen) atoms. The first-order valence-corrected chi connectivity index (χ1v) is 8.55. The zero-order chi connectivity index (χ0) is 16.2. The van der Waals surface area contributed by atoms with Crippen molar-refractivity contribution in [2.45, 2.75) is 0 Å². The standard InChI is InChI=1S/C20H15N3S/c1-2-5-15(6-3-1)16-8-10-17(11-9-16)19-14-24-20(23-19)22-18-7-4-12-21-13-18/h1-14H,(H,22,23). The van der Waals surface area contributed by atoms with Crippen molar-refractivity contribution in [2.24, 2.45) is 0 Å². The average molecular weight is 329 g/mol. The summed E-state index contributed by atoms with van der Waals surface area (Å²) in [6.45, 7) is 0. The van der Waals surface area contributed by atoms with Crippen LogP contribution in [0.1, 0.15) is 0 Å². The molecule has 4 aromatic rings.